The second kappa shape index (κ2) is 8.07. The van der Waals surface area contributed by atoms with Gasteiger partial charge in [-0.25, -0.2) is 0 Å². The van der Waals surface area contributed by atoms with Gasteiger partial charge in [-0.05, 0) is 0 Å². The molecule has 1 aromatic heterocycles. The first-order valence-corrected chi connectivity index (χ1v) is 15.2. The van der Waals surface area contributed by atoms with Gasteiger partial charge in [0.05, 0.1) is 0 Å². The van der Waals surface area contributed by atoms with E-state index in [2.05, 4.69) is 84.8 Å². The Morgan fingerprint density at radius 2 is 1.67 bits per heavy atom. The Labute approximate surface area is 163 Å². The fourth-order valence-corrected chi connectivity index (χ4v) is 15.9. The van der Waals surface area contributed by atoms with Crippen LogP contribution < -0.4 is 28.8 Å². The minimum absolute atomic E-state index is 0. The summed E-state index contributed by atoms with van der Waals surface area (Å²) in [4.78, 5) is 3.76. The first-order chi connectivity index (χ1) is 10.7. The molecule has 24 heavy (non-hydrogen) atoms. The molecule has 1 nitrogen and oxygen atoms in total. The summed E-state index contributed by atoms with van der Waals surface area (Å²) in [6.07, 6.45) is 4.82. The summed E-state index contributed by atoms with van der Waals surface area (Å²) in [6, 6.07) is 20.1. The number of allylic oxidation sites excluding steroid dienone is 1. The predicted octanol–water partition coefficient (Wildman–Crippen LogP) is -1.83. The number of hydrogen-bond acceptors (Lipinski definition) is 0. The van der Waals surface area contributed by atoms with Crippen molar-refractivity contribution in [3.63, 3.8) is 0 Å². The van der Waals surface area contributed by atoms with Crippen molar-refractivity contribution in [1.82, 2.24) is 4.98 Å². The van der Waals surface area contributed by atoms with E-state index in [9.17, 15) is 0 Å². The van der Waals surface area contributed by atoms with E-state index in [4.69, 9.17) is 0 Å². The van der Waals surface area contributed by atoms with Gasteiger partial charge in [-0.1, -0.05) is 0 Å². The molecule has 2 aromatic carbocycles. The molecular formula is C19H20Cl2NSiTi. The summed E-state index contributed by atoms with van der Waals surface area (Å²) in [5.74, 6) is 0. The number of rotatable bonds is 3. The van der Waals surface area contributed by atoms with E-state index in [1.807, 2.05) is 0 Å². The number of hydrogen-bond donors (Lipinski definition) is 1. The largest absolute Gasteiger partial charge is 1.00 e. The third-order valence-corrected chi connectivity index (χ3v) is 17.7. The van der Waals surface area contributed by atoms with Crippen molar-refractivity contribution in [2.75, 3.05) is 0 Å². The molecular weight excluding hydrogens is 389 g/mol. The molecule has 1 heterocycles. The van der Waals surface area contributed by atoms with Gasteiger partial charge < -0.3 is 24.8 Å². The van der Waals surface area contributed by atoms with Crippen molar-refractivity contribution in [3.8, 4) is 0 Å². The third-order valence-electron chi connectivity index (χ3n) is 4.60. The van der Waals surface area contributed by atoms with E-state index in [0.29, 0.717) is 4.22 Å². The smallest absolute Gasteiger partial charge is 1.00 e. The minimum atomic E-state index is -1.36. The summed E-state index contributed by atoms with van der Waals surface area (Å²) in [6.45, 7) is 4.38. The van der Waals surface area contributed by atoms with Gasteiger partial charge in [0.1, 0.15) is 0 Å². The van der Waals surface area contributed by atoms with Crippen LogP contribution in [0.25, 0.3) is 17.0 Å². The summed E-state index contributed by atoms with van der Waals surface area (Å²) in [7, 11) is 0. The van der Waals surface area contributed by atoms with Gasteiger partial charge in [0.25, 0.3) is 0 Å². The molecule has 5 heteroatoms. The van der Waals surface area contributed by atoms with Gasteiger partial charge in [0.2, 0.25) is 0 Å². The Hall–Kier alpha value is -0.769. The van der Waals surface area contributed by atoms with Crippen LogP contribution >= 0.6 is 0 Å². The predicted molar refractivity (Wildman–Crippen MR) is 95.0 cm³/mol. The Morgan fingerprint density at radius 1 is 0.958 bits per heavy atom. The van der Waals surface area contributed by atoms with E-state index >= 15 is 0 Å². The topological polar surface area (TPSA) is 15.8 Å². The monoisotopic (exact) mass is 408 g/mol. The van der Waals surface area contributed by atoms with Crippen LogP contribution in [-0.4, -0.2) is 11.6 Å². The quantitative estimate of drug-likeness (QED) is 0.491. The van der Waals surface area contributed by atoms with E-state index in [1.54, 1.807) is 9.56 Å². The zero-order chi connectivity index (χ0) is 15.1. The average molecular weight is 409 g/mol. The van der Waals surface area contributed by atoms with Crippen LogP contribution in [0.15, 0.2) is 60.7 Å². The number of nitrogens with one attached hydrogen (secondary N) is 1. The molecule has 0 saturated carbocycles. The van der Waals surface area contributed by atoms with Gasteiger partial charge in [-0.3, -0.25) is 0 Å². The van der Waals surface area contributed by atoms with Crippen molar-refractivity contribution in [3.05, 3.63) is 71.8 Å². The molecule has 123 valence electrons. The normalized spacial score (nSPS) is 15.0. The molecule has 1 unspecified atom stereocenters. The minimum Gasteiger partial charge on any atom is -1.00 e. The van der Waals surface area contributed by atoms with E-state index < -0.39 is 23.8 Å². The maximum absolute atomic E-state index is 3.76. The van der Waals surface area contributed by atoms with E-state index in [-0.39, 0.29) is 24.8 Å². The van der Waals surface area contributed by atoms with Crippen molar-refractivity contribution in [2.24, 2.45) is 0 Å². The Kier molecular flexibility index (Phi) is 6.58. The van der Waals surface area contributed by atoms with Gasteiger partial charge in [0.15, 0.2) is 0 Å². The van der Waals surface area contributed by atoms with E-state index in [0.717, 1.165) is 0 Å². The van der Waals surface area contributed by atoms with Crippen LogP contribution in [0, 0.1) is 0 Å². The molecule has 3 aromatic rings. The maximum Gasteiger partial charge on any atom is -1.00 e. The number of H-pyrrole nitrogens is 1. The van der Waals surface area contributed by atoms with Crippen LogP contribution in [-0.2, 0) is 17.1 Å². The number of fused-ring (bicyclic) bond motifs is 2. The number of para-hydroxylation sites is 1. The molecule has 0 aliphatic heterocycles. The molecule has 4 rings (SSSR count). The van der Waals surface area contributed by atoms with Gasteiger partial charge in [0, 0.05) is 0 Å². The van der Waals surface area contributed by atoms with Crippen LogP contribution in [0.4, 0.5) is 0 Å². The Morgan fingerprint density at radius 3 is 2.42 bits per heavy atom. The molecule has 0 bridgehead atoms. The number of benzene rings is 2. The second-order valence-corrected chi connectivity index (χ2v) is 19.9. The average Bonchev–Trinajstić information content (AvgIpc) is 3.12. The fourth-order valence-electron chi connectivity index (χ4n) is 3.59. The number of aromatic nitrogens is 1. The molecule has 0 saturated heterocycles. The van der Waals surface area contributed by atoms with Crippen molar-refractivity contribution in [1.29, 1.82) is 0 Å². The number of aromatic amines is 1. The zero-order valence-corrected chi connectivity index (χ0v) is 18.0. The molecule has 1 aliphatic carbocycles. The van der Waals surface area contributed by atoms with Gasteiger partial charge in [-0.2, -0.15) is 0 Å². The fraction of sp³-hybridized carbons (Fsp3) is 0.158. The van der Waals surface area contributed by atoms with Crippen molar-refractivity contribution in [2.45, 2.75) is 17.3 Å². The second-order valence-electron chi connectivity index (χ2n) is 6.35. The molecule has 1 N–H and O–H groups in total. The molecule has 0 fully saturated rings. The Balaban J connectivity index is 0.00000104. The Bertz CT molecular complexity index is 826. The van der Waals surface area contributed by atoms with Crippen LogP contribution in [0.1, 0.15) is 15.3 Å². The molecule has 1 atom stereocenters. The van der Waals surface area contributed by atoms with E-state index in [1.165, 1.54) is 16.5 Å². The third kappa shape index (κ3) is 3.44. The van der Waals surface area contributed by atoms with Gasteiger partial charge >= 0.3 is 139 Å². The molecule has 0 radical (unpaired) electrons. The molecule has 1 aliphatic rings. The first-order valence-electron chi connectivity index (χ1n) is 7.96. The standard InChI is InChI=1S/C9H7.C8H6N.C2H7Si.2ClH.Ti/c1-2-5-9-7-3-6-8(9)4-1;1-2-4-8-7(3-1)5-6-9-8;1-3-2;;;/h1-7H;1-5,9H;3H,1-2H3;2*1H;/q;;;;;+2/p-2. The molecule has 0 spiro atoms. The summed E-state index contributed by atoms with van der Waals surface area (Å²) in [5.41, 5.74) is 4.30. The van der Waals surface area contributed by atoms with Crippen LogP contribution in [0.5, 0.6) is 0 Å². The SMILES string of the molecule is C[SiH](C)[Ti+2]([c]1cc2ccccc2[nH]1)[CH]1C=Cc2ccccc21.[Cl-].[Cl-]. The number of halogens is 2. The van der Waals surface area contributed by atoms with Gasteiger partial charge in [-0.15, -0.1) is 0 Å². The summed E-state index contributed by atoms with van der Waals surface area (Å²) in [5, 5.41) is 1.37. The zero-order valence-electron chi connectivity index (χ0n) is 13.8. The van der Waals surface area contributed by atoms with Crippen LogP contribution in [0.3, 0.4) is 0 Å². The van der Waals surface area contributed by atoms with Crippen molar-refractivity contribution < 1.29 is 41.9 Å². The van der Waals surface area contributed by atoms with Crippen molar-refractivity contribution >= 4 is 27.6 Å². The molecule has 0 amide bonds. The summed E-state index contributed by atoms with van der Waals surface area (Å²) < 4.78 is 2.27. The first kappa shape index (κ1) is 19.6. The van der Waals surface area contributed by atoms with Crippen LogP contribution in [0.2, 0.25) is 13.1 Å². The summed E-state index contributed by atoms with van der Waals surface area (Å²) >= 11 is -1.36. The maximum atomic E-state index is 3.76.